The van der Waals surface area contributed by atoms with E-state index in [0.29, 0.717) is 58.1 Å². The maximum absolute atomic E-state index is 13.2. The van der Waals surface area contributed by atoms with Crippen LogP contribution in [-0.4, -0.2) is 73.6 Å². The summed E-state index contributed by atoms with van der Waals surface area (Å²) in [6, 6.07) is 16.9. The van der Waals surface area contributed by atoms with Crippen molar-refractivity contribution >= 4 is 24.0 Å². The van der Waals surface area contributed by atoms with E-state index in [0.717, 1.165) is 0 Å². The van der Waals surface area contributed by atoms with Crippen LogP contribution in [0.2, 0.25) is 0 Å². The second-order valence-electron chi connectivity index (χ2n) is 9.05. The molecule has 4 rings (SSSR count). The maximum Gasteiger partial charge on any atom is 0.197 e. The Balaban J connectivity index is 1.22. The molecule has 0 aliphatic carbocycles. The zero-order chi connectivity index (χ0) is 31.0. The molecule has 12 nitrogen and oxygen atoms in total. The number of hydrogen-bond donors (Lipinski definition) is 2. The number of hydrogen-bond acceptors (Lipinski definition) is 12. The van der Waals surface area contributed by atoms with Crippen molar-refractivity contribution in [3.63, 3.8) is 0 Å². The Labute approximate surface area is 254 Å². The minimum absolute atomic E-state index is 0.208. The highest BCUT2D eigenvalue weighted by Crippen LogP contribution is 2.26. The number of carbonyl (C=O) groups is 2. The lowest BCUT2D eigenvalue weighted by Crippen LogP contribution is -2.16. The molecule has 0 fully saturated rings. The molecule has 226 valence electrons. The number of carbonyl (C=O) groups excluding carboxylic acids is 2. The fourth-order valence-corrected chi connectivity index (χ4v) is 4.24. The van der Waals surface area contributed by atoms with Gasteiger partial charge in [0.05, 0.1) is 50.0 Å². The fourth-order valence-electron chi connectivity index (χ4n) is 4.24. The van der Waals surface area contributed by atoms with Crippen molar-refractivity contribution in [1.29, 1.82) is 0 Å². The Morgan fingerprint density at radius 2 is 0.977 bits per heavy atom. The quantitative estimate of drug-likeness (QED) is 0.0606. The Hall–Kier alpha value is -5.46. The largest absolute Gasteiger partial charge is 0.490 e. The van der Waals surface area contributed by atoms with Crippen LogP contribution in [0.5, 0.6) is 11.5 Å². The summed E-state index contributed by atoms with van der Waals surface area (Å²) >= 11 is 0. The topological polar surface area (TPSA) is 174 Å². The molecule has 44 heavy (non-hydrogen) atoms. The third-order valence-corrected chi connectivity index (χ3v) is 6.23. The highest BCUT2D eigenvalue weighted by molar-refractivity contribution is 6.15. The Kier molecular flexibility index (Phi) is 12.1. The van der Waals surface area contributed by atoms with Crippen LogP contribution in [0.25, 0.3) is 0 Å². The first-order valence-corrected chi connectivity index (χ1v) is 13.7. The van der Waals surface area contributed by atoms with Gasteiger partial charge in [-0.15, -0.1) is 0 Å². The standard InChI is InChI=1S/C32H32N6O6/c33-37-21-25-3-1-5-27(29(25)31(39)23-7-11-35-12-8-23)43-19-17-41-15-16-42-18-20-44-28-6-2-4-26(22-38-34)30(28)32(40)24-9-13-36-14-10-24/h1-14,21-22H,15-20,33-34H2. The summed E-state index contributed by atoms with van der Waals surface area (Å²) in [5.74, 6) is 11.0. The van der Waals surface area contributed by atoms with Crippen molar-refractivity contribution in [2.45, 2.75) is 0 Å². The van der Waals surface area contributed by atoms with Crippen LogP contribution in [0.1, 0.15) is 43.0 Å². The molecule has 0 unspecified atom stereocenters. The van der Waals surface area contributed by atoms with Crippen LogP contribution in [0.15, 0.2) is 95.7 Å². The first-order valence-electron chi connectivity index (χ1n) is 13.7. The Morgan fingerprint density at radius 1 is 0.591 bits per heavy atom. The fraction of sp³-hybridized carbons (Fsp3) is 0.188. The van der Waals surface area contributed by atoms with Crippen LogP contribution < -0.4 is 21.2 Å². The average molecular weight is 597 g/mol. The smallest absolute Gasteiger partial charge is 0.197 e. The van der Waals surface area contributed by atoms with E-state index in [1.807, 2.05) is 0 Å². The molecule has 0 spiro atoms. The lowest BCUT2D eigenvalue weighted by atomic mass is 9.98. The van der Waals surface area contributed by atoms with E-state index >= 15 is 0 Å². The minimum atomic E-state index is -0.234. The summed E-state index contributed by atoms with van der Waals surface area (Å²) in [6.45, 7) is 1.60. The van der Waals surface area contributed by atoms with Crippen molar-refractivity contribution in [3.8, 4) is 11.5 Å². The molecule has 4 aromatic rings. The zero-order valence-corrected chi connectivity index (χ0v) is 23.9. The van der Waals surface area contributed by atoms with Gasteiger partial charge >= 0.3 is 0 Å². The molecule has 2 aromatic carbocycles. The van der Waals surface area contributed by atoms with E-state index < -0.39 is 0 Å². The predicted molar refractivity (Wildman–Crippen MR) is 164 cm³/mol. The van der Waals surface area contributed by atoms with Gasteiger partial charge in [-0.2, -0.15) is 10.2 Å². The SMILES string of the molecule is NN=Cc1cccc(OCCOCCOCCOc2cccc(C=NN)c2C(=O)c2ccncc2)c1C(=O)c1ccncc1. The van der Waals surface area contributed by atoms with Crippen LogP contribution in [0.3, 0.4) is 0 Å². The van der Waals surface area contributed by atoms with E-state index in [2.05, 4.69) is 20.2 Å². The molecule has 0 amide bonds. The molecule has 0 atom stereocenters. The van der Waals surface area contributed by atoms with E-state index in [-0.39, 0.29) is 38.0 Å². The summed E-state index contributed by atoms with van der Waals surface area (Å²) in [7, 11) is 0. The number of benzene rings is 2. The number of hydrazone groups is 2. The molecule has 2 aromatic heterocycles. The average Bonchev–Trinajstić information content (AvgIpc) is 3.06. The summed E-state index contributed by atoms with van der Waals surface area (Å²) in [5, 5.41) is 7.14. The number of nitrogens with two attached hydrogens (primary N) is 2. The third kappa shape index (κ3) is 8.53. The van der Waals surface area contributed by atoms with Crippen molar-refractivity contribution in [3.05, 3.63) is 119 Å². The van der Waals surface area contributed by atoms with E-state index in [9.17, 15) is 9.59 Å². The van der Waals surface area contributed by atoms with Gasteiger partial charge in [0.25, 0.3) is 0 Å². The van der Waals surface area contributed by atoms with Crippen LogP contribution in [-0.2, 0) is 9.47 Å². The van der Waals surface area contributed by atoms with Gasteiger partial charge in [0, 0.05) is 47.0 Å². The van der Waals surface area contributed by atoms with Gasteiger partial charge in [0.1, 0.15) is 24.7 Å². The number of rotatable bonds is 17. The molecule has 0 bridgehead atoms. The molecular weight excluding hydrogens is 564 g/mol. The lowest BCUT2D eigenvalue weighted by molar-refractivity contribution is 0.0272. The van der Waals surface area contributed by atoms with E-state index in [4.69, 9.17) is 30.6 Å². The molecule has 0 aliphatic heterocycles. The summed E-state index contributed by atoms with van der Waals surface area (Å²) in [6.07, 6.45) is 9.01. The van der Waals surface area contributed by atoms with Crippen LogP contribution in [0.4, 0.5) is 0 Å². The molecular formula is C32H32N6O6. The predicted octanol–water partition coefficient (Wildman–Crippen LogP) is 3.01. The monoisotopic (exact) mass is 596 g/mol. The second-order valence-corrected chi connectivity index (χ2v) is 9.05. The first-order chi connectivity index (χ1) is 21.6. The van der Waals surface area contributed by atoms with Crippen molar-refractivity contribution in [2.24, 2.45) is 21.9 Å². The van der Waals surface area contributed by atoms with Gasteiger partial charge in [-0.25, -0.2) is 0 Å². The Bertz CT molecular complexity index is 1460. The van der Waals surface area contributed by atoms with Gasteiger partial charge in [0.15, 0.2) is 11.6 Å². The lowest BCUT2D eigenvalue weighted by Gasteiger charge is -2.14. The van der Waals surface area contributed by atoms with Gasteiger partial charge in [-0.1, -0.05) is 24.3 Å². The van der Waals surface area contributed by atoms with Crippen molar-refractivity contribution in [2.75, 3.05) is 39.6 Å². The molecule has 0 radical (unpaired) electrons. The highest BCUT2D eigenvalue weighted by atomic mass is 16.6. The third-order valence-electron chi connectivity index (χ3n) is 6.23. The molecule has 4 N–H and O–H groups in total. The number of ketones is 2. The van der Waals surface area contributed by atoms with Gasteiger partial charge in [-0.3, -0.25) is 19.6 Å². The van der Waals surface area contributed by atoms with Crippen LogP contribution in [0, 0.1) is 0 Å². The summed E-state index contributed by atoms with van der Waals surface area (Å²) < 4.78 is 23.0. The number of aromatic nitrogens is 2. The molecule has 0 saturated heterocycles. The maximum atomic E-state index is 13.2. The minimum Gasteiger partial charge on any atom is -0.490 e. The van der Waals surface area contributed by atoms with E-state index in [1.165, 1.54) is 12.4 Å². The van der Waals surface area contributed by atoms with E-state index in [1.54, 1.807) is 85.5 Å². The molecule has 0 saturated carbocycles. The molecule has 12 heteroatoms. The number of nitrogens with zero attached hydrogens (tertiary/aromatic N) is 4. The van der Waals surface area contributed by atoms with Gasteiger partial charge < -0.3 is 30.6 Å². The normalized spacial score (nSPS) is 11.2. The highest BCUT2D eigenvalue weighted by Gasteiger charge is 2.20. The number of pyridine rings is 2. The first kappa shape index (κ1) is 31.5. The zero-order valence-electron chi connectivity index (χ0n) is 23.9. The summed E-state index contributed by atoms with van der Waals surface area (Å²) in [5.41, 5.74) is 2.71. The van der Waals surface area contributed by atoms with Crippen LogP contribution >= 0.6 is 0 Å². The Morgan fingerprint density at radius 3 is 1.36 bits per heavy atom. The second kappa shape index (κ2) is 16.9. The summed E-state index contributed by atoms with van der Waals surface area (Å²) in [4.78, 5) is 34.3. The number of ether oxygens (including phenoxy) is 4. The van der Waals surface area contributed by atoms with Gasteiger partial charge in [-0.05, 0) is 36.4 Å². The molecule has 0 aliphatic rings. The van der Waals surface area contributed by atoms with Crippen molar-refractivity contribution in [1.82, 2.24) is 9.97 Å². The van der Waals surface area contributed by atoms with Gasteiger partial charge in [0.2, 0.25) is 0 Å². The molecule has 2 heterocycles. The van der Waals surface area contributed by atoms with Crippen molar-refractivity contribution < 1.29 is 28.5 Å².